The summed E-state index contributed by atoms with van der Waals surface area (Å²) in [6.45, 7) is 1.90. The molecule has 0 aliphatic heterocycles. The minimum atomic E-state index is -0.584. The molecule has 0 spiro atoms. The van der Waals surface area contributed by atoms with Gasteiger partial charge in [-0.3, -0.25) is 0 Å². The second-order valence-corrected chi connectivity index (χ2v) is 5.44. The fourth-order valence-corrected chi connectivity index (χ4v) is 2.26. The second-order valence-electron chi connectivity index (χ2n) is 4.84. The molecular formula is C15H16Cl2O3. The van der Waals surface area contributed by atoms with Gasteiger partial charge in [0.15, 0.2) is 0 Å². The number of ether oxygens (including phenoxy) is 1. The normalized spacial score (nSPS) is 16.9. The van der Waals surface area contributed by atoms with Crippen LogP contribution >= 0.6 is 23.2 Å². The molecule has 1 aromatic carbocycles. The van der Waals surface area contributed by atoms with Gasteiger partial charge in [0.25, 0.3) is 0 Å². The van der Waals surface area contributed by atoms with Crippen molar-refractivity contribution in [1.82, 2.24) is 0 Å². The number of aliphatic hydroxyl groups excluding tert-OH is 1. The maximum Gasteiger partial charge on any atom is 0.344 e. The number of esters is 1. The molecule has 0 radical (unpaired) electrons. The lowest BCUT2D eigenvalue weighted by Gasteiger charge is -2.15. The van der Waals surface area contributed by atoms with Crippen LogP contribution in [0.3, 0.4) is 0 Å². The van der Waals surface area contributed by atoms with Crippen LogP contribution in [0.2, 0.25) is 0 Å². The monoisotopic (exact) mass is 314 g/mol. The topological polar surface area (TPSA) is 46.5 Å². The fourth-order valence-electron chi connectivity index (χ4n) is 2.15. The molecule has 0 amide bonds. The van der Waals surface area contributed by atoms with Gasteiger partial charge in [-0.15, -0.1) is 0 Å². The Kier molecular flexibility index (Phi) is 5.08. The number of benzene rings is 1. The summed E-state index contributed by atoms with van der Waals surface area (Å²) in [5.74, 6) is -0.0820. The quantitative estimate of drug-likeness (QED) is 0.645. The molecule has 0 heterocycles. The Bertz CT molecular complexity index is 536. The van der Waals surface area contributed by atoms with E-state index in [4.69, 9.17) is 27.9 Å². The SMILES string of the molecule is CCC(O)c1cc(C(=O)OC(Cl)=CCl)ccc1C1CC1. The maximum absolute atomic E-state index is 11.9. The van der Waals surface area contributed by atoms with Crippen molar-refractivity contribution in [1.29, 1.82) is 0 Å². The van der Waals surface area contributed by atoms with Gasteiger partial charge in [-0.25, -0.2) is 4.79 Å². The van der Waals surface area contributed by atoms with E-state index in [2.05, 4.69) is 0 Å². The molecule has 0 saturated heterocycles. The Morgan fingerprint density at radius 2 is 2.25 bits per heavy atom. The van der Waals surface area contributed by atoms with Crippen molar-refractivity contribution >= 4 is 29.2 Å². The van der Waals surface area contributed by atoms with Gasteiger partial charge in [-0.05, 0) is 60.0 Å². The van der Waals surface area contributed by atoms with Gasteiger partial charge in [0, 0.05) is 0 Å². The molecule has 0 bridgehead atoms. The largest absolute Gasteiger partial charge is 0.409 e. The van der Waals surface area contributed by atoms with Crippen LogP contribution in [0.1, 0.15) is 59.7 Å². The third-order valence-electron chi connectivity index (χ3n) is 3.36. The molecule has 0 aromatic heterocycles. The number of aliphatic hydroxyl groups is 1. The molecule has 1 unspecified atom stereocenters. The Hall–Kier alpha value is -1.03. The molecule has 5 heteroatoms. The van der Waals surface area contributed by atoms with Crippen LogP contribution < -0.4 is 0 Å². The first kappa shape index (κ1) is 15.4. The van der Waals surface area contributed by atoms with Crippen LogP contribution in [-0.2, 0) is 4.74 Å². The Morgan fingerprint density at radius 3 is 2.80 bits per heavy atom. The average molecular weight is 315 g/mol. The molecule has 1 N–H and O–H groups in total. The van der Waals surface area contributed by atoms with E-state index in [1.54, 1.807) is 12.1 Å². The van der Waals surface area contributed by atoms with Crippen LogP contribution in [0.4, 0.5) is 0 Å². The zero-order valence-electron chi connectivity index (χ0n) is 11.1. The zero-order valence-corrected chi connectivity index (χ0v) is 12.6. The van der Waals surface area contributed by atoms with Crippen molar-refractivity contribution in [3.8, 4) is 0 Å². The van der Waals surface area contributed by atoms with Gasteiger partial charge >= 0.3 is 5.97 Å². The molecule has 3 nitrogen and oxygen atoms in total. The minimum Gasteiger partial charge on any atom is -0.409 e. The number of rotatable bonds is 5. The standard InChI is InChI=1S/C15H16Cl2O3/c1-2-13(18)12-7-10(15(19)20-14(17)8-16)5-6-11(12)9-3-4-9/h5-9,13,18H,2-4H2,1H3. The predicted octanol–water partition coefficient (Wildman–Crippen LogP) is 4.44. The van der Waals surface area contributed by atoms with Crippen LogP contribution in [-0.4, -0.2) is 11.1 Å². The Morgan fingerprint density at radius 1 is 1.55 bits per heavy atom. The Balaban J connectivity index is 2.29. The van der Waals surface area contributed by atoms with Gasteiger partial charge in [0.2, 0.25) is 5.22 Å². The maximum atomic E-state index is 11.9. The number of carbonyl (C=O) groups excluding carboxylic acids is 1. The van der Waals surface area contributed by atoms with E-state index in [1.165, 1.54) is 0 Å². The van der Waals surface area contributed by atoms with Gasteiger partial charge < -0.3 is 9.84 Å². The van der Waals surface area contributed by atoms with Crippen molar-refractivity contribution in [3.63, 3.8) is 0 Å². The summed E-state index contributed by atoms with van der Waals surface area (Å²) < 4.78 is 4.84. The molecular weight excluding hydrogens is 299 g/mol. The van der Waals surface area contributed by atoms with E-state index < -0.39 is 12.1 Å². The molecule has 1 aliphatic rings. The summed E-state index contributed by atoms with van der Waals surface area (Å²) in [7, 11) is 0. The lowest BCUT2D eigenvalue weighted by atomic mass is 9.95. The minimum absolute atomic E-state index is 0.180. The number of halogens is 2. The third kappa shape index (κ3) is 3.54. The number of carbonyl (C=O) groups is 1. The lowest BCUT2D eigenvalue weighted by Crippen LogP contribution is -2.07. The van der Waals surface area contributed by atoms with Crippen LogP contribution in [0, 0.1) is 0 Å². The fraction of sp³-hybridized carbons (Fsp3) is 0.400. The first-order valence-corrected chi connectivity index (χ1v) is 7.38. The molecule has 1 aliphatic carbocycles. The first-order valence-electron chi connectivity index (χ1n) is 6.56. The number of hydrogen-bond acceptors (Lipinski definition) is 3. The highest BCUT2D eigenvalue weighted by Crippen LogP contribution is 2.43. The summed E-state index contributed by atoms with van der Waals surface area (Å²) in [5, 5.41) is 9.93. The van der Waals surface area contributed by atoms with E-state index in [0.29, 0.717) is 17.9 Å². The number of hydrogen-bond donors (Lipinski definition) is 1. The van der Waals surface area contributed by atoms with Gasteiger partial charge in [-0.1, -0.05) is 24.6 Å². The van der Waals surface area contributed by atoms with E-state index in [-0.39, 0.29) is 5.22 Å². The van der Waals surface area contributed by atoms with Crippen molar-refractivity contribution in [2.45, 2.75) is 38.2 Å². The molecule has 108 valence electrons. The van der Waals surface area contributed by atoms with E-state index in [0.717, 1.165) is 29.5 Å². The lowest BCUT2D eigenvalue weighted by molar-refractivity contribution is 0.0649. The average Bonchev–Trinajstić information content (AvgIpc) is 3.30. The summed E-state index contributed by atoms with van der Waals surface area (Å²) in [6, 6.07) is 5.27. The van der Waals surface area contributed by atoms with Gasteiger partial charge in [0.05, 0.1) is 17.2 Å². The Labute approximate surface area is 128 Å². The second kappa shape index (κ2) is 6.61. The van der Waals surface area contributed by atoms with Crippen molar-refractivity contribution < 1.29 is 14.6 Å². The van der Waals surface area contributed by atoms with Crippen molar-refractivity contribution in [2.24, 2.45) is 0 Å². The smallest absolute Gasteiger partial charge is 0.344 e. The third-order valence-corrected chi connectivity index (χ3v) is 3.86. The highest BCUT2D eigenvalue weighted by Gasteiger charge is 2.28. The summed E-state index contributed by atoms with van der Waals surface area (Å²) >= 11 is 10.9. The van der Waals surface area contributed by atoms with Gasteiger partial charge in [0.1, 0.15) is 0 Å². The van der Waals surface area contributed by atoms with E-state index >= 15 is 0 Å². The predicted molar refractivity (Wildman–Crippen MR) is 78.9 cm³/mol. The molecule has 1 aromatic rings. The van der Waals surface area contributed by atoms with E-state index in [1.807, 2.05) is 13.0 Å². The van der Waals surface area contributed by atoms with Crippen LogP contribution in [0.5, 0.6) is 0 Å². The summed E-state index contributed by atoms with van der Waals surface area (Å²) in [5.41, 5.74) is 3.26. The highest BCUT2D eigenvalue weighted by molar-refractivity contribution is 6.36. The summed E-state index contributed by atoms with van der Waals surface area (Å²) in [4.78, 5) is 11.9. The molecule has 1 fully saturated rings. The summed E-state index contributed by atoms with van der Waals surface area (Å²) in [6.07, 6.45) is 2.29. The highest BCUT2D eigenvalue weighted by atomic mass is 35.5. The molecule has 2 rings (SSSR count). The van der Waals surface area contributed by atoms with Crippen LogP contribution in [0.25, 0.3) is 0 Å². The molecule has 1 atom stereocenters. The van der Waals surface area contributed by atoms with E-state index in [9.17, 15) is 9.90 Å². The first-order chi connectivity index (χ1) is 9.56. The zero-order chi connectivity index (χ0) is 14.7. The molecule has 20 heavy (non-hydrogen) atoms. The van der Waals surface area contributed by atoms with Gasteiger partial charge in [-0.2, -0.15) is 0 Å². The van der Waals surface area contributed by atoms with Crippen molar-refractivity contribution in [3.05, 3.63) is 45.6 Å². The van der Waals surface area contributed by atoms with Crippen molar-refractivity contribution in [2.75, 3.05) is 0 Å². The molecule has 1 saturated carbocycles. The van der Waals surface area contributed by atoms with Crippen LogP contribution in [0.15, 0.2) is 29.0 Å².